The first-order chi connectivity index (χ1) is 21.1. The summed E-state index contributed by atoms with van der Waals surface area (Å²) in [6.45, 7) is 10.6. The highest BCUT2D eigenvalue weighted by molar-refractivity contribution is 8.00. The largest absolute Gasteiger partial charge is 0.382 e. The summed E-state index contributed by atoms with van der Waals surface area (Å²) in [6, 6.07) is 0.124. The van der Waals surface area contributed by atoms with E-state index in [1.165, 1.54) is 32.3 Å². The Morgan fingerprint density at radius 3 is 2.68 bits per heavy atom. The monoisotopic (exact) mass is 656 g/mol. The molecule has 44 heavy (non-hydrogen) atoms. The first-order valence-corrected chi connectivity index (χ1v) is 17.5. The van der Waals surface area contributed by atoms with Crippen LogP contribution >= 0.6 is 11.8 Å². The summed E-state index contributed by atoms with van der Waals surface area (Å²) >= 11 is 1.80. The molecule has 3 aliphatic rings. The van der Waals surface area contributed by atoms with Gasteiger partial charge in [0.1, 0.15) is 18.1 Å². The number of amides is 3. The molecule has 2 aromatic rings. The van der Waals surface area contributed by atoms with Gasteiger partial charge in [0.2, 0.25) is 5.91 Å². The van der Waals surface area contributed by atoms with E-state index in [-0.39, 0.29) is 42.2 Å². The zero-order valence-corrected chi connectivity index (χ0v) is 27.0. The fourth-order valence-corrected chi connectivity index (χ4v) is 7.67. The van der Waals surface area contributed by atoms with Crippen LogP contribution < -0.4 is 26.4 Å². The van der Waals surface area contributed by atoms with Gasteiger partial charge in [0.25, 0.3) is 0 Å². The van der Waals surface area contributed by atoms with Gasteiger partial charge in [0, 0.05) is 30.5 Å². The number of hydrogen-bond acceptors (Lipinski definition) is 13. The lowest BCUT2D eigenvalue weighted by Crippen LogP contribution is -2.45. The van der Waals surface area contributed by atoms with E-state index in [4.69, 9.17) is 14.7 Å². The molecule has 0 aliphatic carbocycles. The zero-order valence-electron chi connectivity index (χ0n) is 25.4. The van der Waals surface area contributed by atoms with Gasteiger partial charge in [-0.25, -0.2) is 24.5 Å². The Morgan fingerprint density at radius 2 is 1.95 bits per heavy atom. The summed E-state index contributed by atoms with van der Waals surface area (Å²) in [5, 5.41) is 9.28. The average molecular weight is 657 g/mol. The van der Waals surface area contributed by atoms with Crippen LogP contribution in [0.15, 0.2) is 12.7 Å². The van der Waals surface area contributed by atoms with E-state index in [9.17, 15) is 18.0 Å². The molecule has 0 saturated carbocycles. The number of unbranched alkanes of at least 4 members (excludes halogenated alkanes) is 1. The standard InChI is InChI=1S/C20H29N9O6S2.C6H15N/c21-18-17-19(24-9-23-18)29(10-25-17)15-6-22-5-11(35-15)7-34-37(32,33)28-14(30)4-2-1-3-13-16-12(8-36-13)26-20(31)27-16;1-4-7(5-2)6-3/h9-13,15-16,22H,1-8H2,(H,28,30)(H2,21,23,24)(H2,26,27,31);4-6H2,1-3H3/t11-,12-,13-,15+,16-;/m0./s1. The van der Waals surface area contributed by atoms with Crippen molar-refractivity contribution >= 4 is 51.0 Å². The number of nitrogen functional groups attached to an aromatic ring is 1. The minimum absolute atomic E-state index is 0.0565. The molecule has 246 valence electrons. The number of urea groups is 1. The van der Waals surface area contributed by atoms with E-state index >= 15 is 0 Å². The van der Waals surface area contributed by atoms with E-state index in [1.54, 1.807) is 16.3 Å². The van der Waals surface area contributed by atoms with Crippen molar-refractivity contribution < 1.29 is 26.9 Å². The lowest BCUT2D eigenvalue weighted by atomic mass is 10.0. The third-order valence-corrected chi connectivity index (χ3v) is 10.2. The van der Waals surface area contributed by atoms with Crippen molar-refractivity contribution in [3.63, 3.8) is 0 Å². The summed E-state index contributed by atoms with van der Waals surface area (Å²) in [5.74, 6) is 0.489. The van der Waals surface area contributed by atoms with Gasteiger partial charge in [0.15, 0.2) is 11.5 Å². The molecule has 0 bridgehead atoms. The molecule has 0 unspecified atom stereocenters. The molecule has 3 amide bonds. The van der Waals surface area contributed by atoms with Gasteiger partial charge in [-0.15, -0.1) is 0 Å². The van der Waals surface area contributed by atoms with E-state index in [2.05, 4.69) is 56.6 Å². The van der Waals surface area contributed by atoms with E-state index in [0.717, 1.165) is 18.6 Å². The molecule has 0 aromatic carbocycles. The fourth-order valence-electron chi connectivity index (χ4n) is 5.36. The second-order valence-corrected chi connectivity index (χ2v) is 13.3. The molecule has 0 spiro atoms. The van der Waals surface area contributed by atoms with Crippen molar-refractivity contribution in [1.82, 2.24) is 45.1 Å². The topological polar surface area (TPSA) is 208 Å². The number of ether oxygens (including phenoxy) is 1. The molecule has 2 aromatic heterocycles. The minimum atomic E-state index is -4.29. The molecule has 5 atom stereocenters. The average Bonchev–Trinajstić information content (AvgIpc) is 3.71. The quantitative estimate of drug-likeness (QED) is 0.146. The number of hydrogen-bond donors (Lipinski definition) is 5. The molecule has 3 aliphatic heterocycles. The minimum Gasteiger partial charge on any atom is -0.382 e. The SMILES string of the molecule is CCN(CC)CC.Nc1ncnc2c1ncn2[C@H]1CNC[C@@H](COS(=O)(=O)NC(=O)CCCC[C@@H]2SC[C@@H]3NC(=O)N[C@@H]32)O1. The molecule has 6 N–H and O–H groups in total. The van der Waals surface area contributed by atoms with Crippen LogP contribution in [0.2, 0.25) is 0 Å². The number of carbonyl (C=O) groups excluding carboxylic acids is 2. The van der Waals surface area contributed by atoms with Gasteiger partial charge in [0.05, 0.1) is 31.1 Å². The Balaban J connectivity index is 0.000000566. The maximum atomic E-state index is 12.3. The van der Waals surface area contributed by atoms with E-state index in [1.807, 2.05) is 4.72 Å². The van der Waals surface area contributed by atoms with Crippen LogP contribution in [0.3, 0.4) is 0 Å². The maximum absolute atomic E-state index is 12.3. The second-order valence-electron chi connectivity index (χ2n) is 10.7. The first kappa shape index (κ1) is 34.1. The van der Waals surface area contributed by atoms with Crippen molar-refractivity contribution in [3.05, 3.63) is 12.7 Å². The molecular weight excluding hydrogens is 612 g/mol. The van der Waals surface area contributed by atoms with Crippen LogP contribution in [-0.2, 0) is 24.0 Å². The normalized spacial score (nSPS) is 24.8. The van der Waals surface area contributed by atoms with Crippen LogP contribution in [0.1, 0.15) is 52.7 Å². The Bertz CT molecular complexity index is 1350. The molecule has 18 heteroatoms. The number of carbonyl (C=O) groups is 2. The number of aromatic nitrogens is 4. The lowest BCUT2D eigenvalue weighted by Gasteiger charge is -2.31. The maximum Gasteiger partial charge on any atom is 0.362 e. The smallest absolute Gasteiger partial charge is 0.362 e. The van der Waals surface area contributed by atoms with Gasteiger partial charge >= 0.3 is 16.3 Å². The molecule has 5 heterocycles. The molecule has 5 rings (SSSR count). The van der Waals surface area contributed by atoms with Crippen molar-refractivity contribution in [1.29, 1.82) is 0 Å². The van der Waals surface area contributed by atoms with Crippen LogP contribution in [-0.4, -0.2) is 113 Å². The summed E-state index contributed by atoms with van der Waals surface area (Å²) in [4.78, 5) is 38.3. The molecule has 16 nitrogen and oxygen atoms in total. The Kier molecular flexibility index (Phi) is 12.4. The van der Waals surface area contributed by atoms with Crippen LogP contribution in [0.5, 0.6) is 0 Å². The zero-order chi connectivity index (χ0) is 31.7. The van der Waals surface area contributed by atoms with Crippen LogP contribution in [0.25, 0.3) is 11.2 Å². The highest BCUT2D eigenvalue weighted by atomic mass is 32.2. The number of imidazole rings is 1. The number of nitrogens with one attached hydrogen (secondary N) is 4. The fraction of sp³-hybridized carbons (Fsp3) is 0.731. The van der Waals surface area contributed by atoms with Crippen molar-refractivity contribution in [2.45, 2.75) is 76.1 Å². The number of morpholine rings is 1. The van der Waals surface area contributed by atoms with E-state index < -0.39 is 28.5 Å². The van der Waals surface area contributed by atoms with Crippen LogP contribution in [0, 0.1) is 0 Å². The number of anilines is 1. The van der Waals surface area contributed by atoms with Gasteiger partial charge < -0.3 is 31.3 Å². The molecule has 3 fully saturated rings. The van der Waals surface area contributed by atoms with Gasteiger partial charge in [-0.2, -0.15) is 20.2 Å². The second kappa shape index (κ2) is 16.0. The first-order valence-electron chi connectivity index (χ1n) is 15.0. The third kappa shape index (κ3) is 9.13. The summed E-state index contributed by atoms with van der Waals surface area (Å²) < 4.78 is 39.2. The van der Waals surface area contributed by atoms with Crippen molar-refractivity contribution in [3.8, 4) is 0 Å². The lowest BCUT2D eigenvalue weighted by molar-refractivity contribution is -0.119. The van der Waals surface area contributed by atoms with Crippen molar-refractivity contribution in [2.24, 2.45) is 0 Å². The Morgan fingerprint density at radius 1 is 1.18 bits per heavy atom. The van der Waals surface area contributed by atoms with Gasteiger partial charge in [-0.05, 0) is 32.5 Å². The number of nitrogens with zero attached hydrogens (tertiary/aromatic N) is 5. The van der Waals surface area contributed by atoms with E-state index in [0.29, 0.717) is 30.7 Å². The molecule has 3 saturated heterocycles. The Hall–Kier alpha value is -2.77. The summed E-state index contributed by atoms with van der Waals surface area (Å²) in [7, 11) is -4.29. The highest BCUT2D eigenvalue weighted by Crippen LogP contribution is 2.33. The Labute approximate surface area is 262 Å². The predicted octanol–water partition coefficient (Wildman–Crippen LogP) is 0.347. The van der Waals surface area contributed by atoms with Gasteiger partial charge in [-0.1, -0.05) is 27.2 Å². The predicted molar refractivity (Wildman–Crippen MR) is 167 cm³/mol. The molecular formula is C26H44N10O6S2. The highest BCUT2D eigenvalue weighted by Gasteiger charge is 2.42. The number of fused-ring (bicyclic) bond motifs is 2. The third-order valence-electron chi connectivity index (χ3n) is 7.81. The number of thioether (sulfide) groups is 1. The number of nitrogens with two attached hydrogens (primary N) is 1. The summed E-state index contributed by atoms with van der Waals surface area (Å²) in [5.41, 5.74) is 6.77. The van der Waals surface area contributed by atoms with Crippen LogP contribution in [0.4, 0.5) is 10.6 Å². The van der Waals surface area contributed by atoms with Crippen molar-refractivity contribution in [2.75, 3.05) is 50.8 Å². The van der Waals surface area contributed by atoms with Gasteiger partial charge in [-0.3, -0.25) is 13.5 Å². The number of rotatable bonds is 13. The molecule has 0 radical (unpaired) electrons. The summed E-state index contributed by atoms with van der Waals surface area (Å²) in [6.07, 6.45) is 3.92.